The molecule has 4 heteroatoms. The SMILES string of the molecule is CCC(CC)(CC)n1c(=S)[nH]c2cccc(Cl)c21. The Morgan fingerprint density at radius 2 is 1.83 bits per heavy atom. The number of halogens is 1. The summed E-state index contributed by atoms with van der Waals surface area (Å²) in [5, 5.41) is 0.763. The topological polar surface area (TPSA) is 20.7 Å². The predicted molar refractivity (Wildman–Crippen MR) is 81.0 cm³/mol. The molecule has 0 spiro atoms. The number of aromatic nitrogens is 2. The van der Waals surface area contributed by atoms with Crippen LogP contribution in [0, 0.1) is 4.77 Å². The van der Waals surface area contributed by atoms with Crippen molar-refractivity contribution in [2.24, 2.45) is 0 Å². The van der Waals surface area contributed by atoms with Crippen LogP contribution in [0.15, 0.2) is 18.2 Å². The van der Waals surface area contributed by atoms with Crippen LogP contribution >= 0.6 is 23.8 Å². The third-order valence-electron chi connectivity index (χ3n) is 4.10. The van der Waals surface area contributed by atoms with Crippen LogP contribution in [0.4, 0.5) is 0 Å². The van der Waals surface area contributed by atoms with Crippen molar-refractivity contribution in [2.75, 3.05) is 0 Å². The highest BCUT2D eigenvalue weighted by atomic mass is 35.5. The van der Waals surface area contributed by atoms with Gasteiger partial charge in [0, 0.05) is 5.54 Å². The fourth-order valence-corrected chi connectivity index (χ4v) is 3.45. The number of benzene rings is 1. The molecule has 18 heavy (non-hydrogen) atoms. The second-order valence-corrected chi connectivity index (χ2v) is 5.48. The molecule has 2 aromatic rings. The average Bonchev–Trinajstić information content (AvgIpc) is 2.71. The number of para-hydroxylation sites is 1. The summed E-state index contributed by atoms with van der Waals surface area (Å²) in [6, 6.07) is 5.90. The zero-order valence-electron chi connectivity index (χ0n) is 11.1. The molecule has 1 aromatic heterocycles. The molecule has 0 saturated carbocycles. The minimum Gasteiger partial charge on any atom is -0.331 e. The largest absolute Gasteiger partial charge is 0.331 e. The highest BCUT2D eigenvalue weighted by Crippen LogP contribution is 2.35. The van der Waals surface area contributed by atoms with Crippen molar-refractivity contribution in [1.82, 2.24) is 9.55 Å². The van der Waals surface area contributed by atoms with Crippen molar-refractivity contribution in [3.05, 3.63) is 28.0 Å². The van der Waals surface area contributed by atoms with E-state index in [1.165, 1.54) is 0 Å². The number of fused-ring (bicyclic) bond motifs is 1. The molecule has 0 bridgehead atoms. The Morgan fingerprint density at radius 3 is 2.39 bits per heavy atom. The number of hydrogen-bond acceptors (Lipinski definition) is 1. The van der Waals surface area contributed by atoms with Crippen LogP contribution in [0.1, 0.15) is 40.0 Å². The van der Waals surface area contributed by atoms with E-state index in [0.717, 1.165) is 40.1 Å². The quantitative estimate of drug-likeness (QED) is 0.757. The number of rotatable bonds is 4. The van der Waals surface area contributed by atoms with Gasteiger partial charge in [-0.3, -0.25) is 0 Å². The molecule has 0 amide bonds. The van der Waals surface area contributed by atoms with E-state index < -0.39 is 0 Å². The van der Waals surface area contributed by atoms with Crippen LogP contribution in [0.3, 0.4) is 0 Å². The first-order chi connectivity index (χ1) is 8.59. The van der Waals surface area contributed by atoms with Gasteiger partial charge in [-0.15, -0.1) is 0 Å². The van der Waals surface area contributed by atoms with Crippen molar-refractivity contribution < 1.29 is 0 Å². The van der Waals surface area contributed by atoms with Crippen LogP contribution < -0.4 is 0 Å². The molecule has 0 aliphatic heterocycles. The average molecular weight is 283 g/mol. The summed E-state index contributed by atoms with van der Waals surface area (Å²) in [6.07, 6.45) is 3.14. The Bertz CT molecular complexity index is 600. The van der Waals surface area contributed by atoms with Crippen molar-refractivity contribution in [3.8, 4) is 0 Å². The zero-order chi connectivity index (χ0) is 13.3. The van der Waals surface area contributed by atoms with Crippen LogP contribution in [-0.4, -0.2) is 9.55 Å². The van der Waals surface area contributed by atoms with E-state index in [1.54, 1.807) is 0 Å². The summed E-state index contributed by atoms with van der Waals surface area (Å²) in [7, 11) is 0. The number of nitrogens with zero attached hydrogens (tertiary/aromatic N) is 1. The Morgan fingerprint density at radius 1 is 1.22 bits per heavy atom. The van der Waals surface area contributed by atoms with E-state index in [0.29, 0.717) is 0 Å². The summed E-state index contributed by atoms with van der Waals surface area (Å²) < 4.78 is 2.99. The Hall–Kier alpha value is -0.800. The molecular formula is C14H19ClN2S. The highest BCUT2D eigenvalue weighted by molar-refractivity contribution is 7.71. The van der Waals surface area contributed by atoms with Crippen LogP contribution in [0.2, 0.25) is 5.02 Å². The van der Waals surface area contributed by atoms with Gasteiger partial charge >= 0.3 is 0 Å². The molecule has 0 atom stereocenters. The molecule has 0 radical (unpaired) electrons. The second-order valence-electron chi connectivity index (χ2n) is 4.69. The van der Waals surface area contributed by atoms with E-state index in [9.17, 15) is 0 Å². The first kappa shape index (κ1) is 13.6. The lowest BCUT2D eigenvalue weighted by atomic mass is 9.89. The van der Waals surface area contributed by atoms with Crippen LogP contribution in [-0.2, 0) is 5.54 Å². The van der Waals surface area contributed by atoms with Gasteiger partial charge in [-0.1, -0.05) is 38.4 Å². The minimum atomic E-state index is 0.0559. The van der Waals surface area contributed by atoms with Crippen molar-refractivity contribution in [1.29, 1.82) is 0 Å². The molecule has 2 nitrogen and oxygen atoms in total. The molecule has 1 heterocycles. The van der Waals surface area contributed by atoms with E-state index >= 15 is 0 Å². The van der Waals surface area contributed by atoms with Gasteiger partial charge in [0.1, 0.15) is 0 Å². The van der Waals surface area contributed by atoms with Gasteiger partial charge in [-0.05, 0) is 43.6 Å². The first-order valence-electron chi connectivity index (χ1n) is 6.49. The van der Waals surface area contributed by atoms with Gasteiger partial charge in [-0.25, -0.2) is 0 Å². The molecule has 0 saturated heterocycles. The molecule has 0 unspecified atom stereocenters. The van der Waals surface area contributed by atoms with Gasteiger partial charge in [-0.2, -0.15) is 0 Å². The highest BCUT2D eigenvalue weighted by Gasteiger charge is 2.29. The van der Waals surface area contributed by atoms with Crippen molar-refractivity contribution in [2.45, 2.75) is 45.6 Å². The molecule has 98 valence electrons. The smallest absolute Gasteiger partial charge is 0.178 e. The number of aromatic amines is 1. The fraction of sp³-hybridized carbons (Fsp3) is 0.500. The van der Waals surface area contributed by atoms with Gasteiger partial charge in [0.25, 0.3) is 0 Å². The maximum absolute atomic E-state index is 6.37. The second kappa shape index (κ2) is 5.06. The van der Waals surface area contributed by atoms with E-state index in [-0.39, 0.29) is 5.54 Å². The third-order valence-corrected chi connectivity index (χ3v) is 4.69. The standard InChI is InChI=1S/C14H19ClN2S/c1-4-14(5-2,6-3)17-12-10(15)8-7-9-11(12)16-13(17)18/h7-9H,4-6H2,1-3H3,(H,16,18). The molecule has 0 aliphatic carbocycles. The summed E-state index contributed by atoms with van der Waals surface area (Å²) in [5.74, 6) is 0. The Kier molecular flexibility index (Phi) is 3.83. The fourth-order valence-electron chi connectivity index (χ4n) is 2.79. The molecule has 1 N–H and O–H groups in total. The summed E-state index contributed by atoms with van der Waals surface area (Å²) in [4.78, 5) is 3.27. The van der Waals surface area contributed by atoms with Gasteiger partial charge < -0.3 is 9.55 Å². The lowest BCUT2D eigenvalue weighted by Gasteiger charge is -2.33. The van der Waals surface area contributed by atoms with Crippen molar-refractivity contribution >= 4 is 34.9 Å². The number of imidazole rings is 1. The van der Waals surface area contributed by atoms with Crippen molar-refractivity contribution in [3.63, 3.8) is 0 Å². The Balaban J connectivity index is 2.85. The van der Waals surface area contributed by atoms with Gasteiger partial charge in [0.2, 0.25) is 0 Å². The van der Waals surface area contributed by atoms with Gasteiger partial charge in [0.05, 0.1) is 16.1 Å². The normalized spacial score (nSPS) is 12.2. The van der Waals surface area contributed by atoms with E-state index in [1.807, 2.05) is 18.2 Å². The number of hydrogen-bond donors (Lipinski definition) is 1. The Labute approximate surface area is 118 Å². The van der Waals surface area contributed by atoms with E-state index in [2.05, 4.69) is 30.3 Å². The van der Waals surface area contributed by atoms with Gasteiger partial charge in [0.15, 0.2) is 4.77 Å². The molecule has 2 rings (SSSR count). The lowest BCUT2D eigenvalue weighted by Crippen LogP contribution is -2.31. The first-order valence-corrected chi connectivity index (χ1v) is 7.28. The predicted octanol–water partition coefficient (Wildman–Crippen LogP) is 5.28. The molecule has 1 aromatic carbocycles. The minimum absolute atomic E-state index is 0.0559. The van der Waals surface area contributed by atoms with Crippen LogP contribution in [0.5, 0.6) is 0 Å². The summed E-state index contributed by atoms with van der Waals surface area (Å²) in [5.41, 5.74) is 2.11. The summed E-state index contributed by atoms with van der Waals surface area (Å²) >= 11 is 11.9. The molecule has 0 fully saturated rings. The third kappa shape index (κ3) is 1.90. The maximum atomic E-state index is 6.37. The number of nitrogens with one attached hydrogen (secondary N) is 1. The van der Waals surface area contributed by atoms with E-state index in [4.69, 9.17) is 23.8 Å². The number of H-pyrrole nitrogens is 1. The monoisotopic (exact) mass is 282 g/mol. The zero-order valence-corrected chi connectivity index (χ0v) is 12.7. The molecule has 0 aliphatic rings. The van der Waals surface area contributed by atoms with Crippen LogP contribution in [0.25, 0.3) is 11.0 Å². The lowest BCUT2D eigenvalue weighted by molar-refractivity contribution is 0.255. The maximum Gasteiger partial charge on any atom is 0.178 e. The summed E-state index contributed by atoms with van der Waals surface area (Å²) in [6.45, 7) is 6.64. The molecular weight excluding hydrogens is 264 g/mol.